The zero-order valence-electron chi connectivity index (χ0n) is 11.3. The average Bonchev–Trinajstić information content (AvgIpc) is 2.85. The van der Waals surface area contributed by atoms with E-state index in [1.165, 1.54) is 0 Å². The number of hydrogen-bond acceptors (Lipinski definition) is 2. The van der Waals surface area contributed by atoms with Gasteiger partial charge in [0, 0.05) is 42.5 Å². The van der Waals surface area contributed by atoms with Crippen LogP contribution in [0.4, 0.5) is 0 Å². The van der Waals surface area contributed by atoms with E-state index < -0.39 is 0 Å². The van der Waals surface area contributed by atoms with E-state index >= 15 is 0 Å². The molecule has 1 aliphatic rings. The Bertz CT molecular complexity index is 594. The van der Waals surface area contributed by atoms with Gasteiger partial charge >= 0.3 is 0 Å². The van der Waals surface area contributed by atoms with Gasteiger partial charge in [-0.15, -0.1) is 0 Å². The quantitative estimate of drug-likeness (QED) is 0.821. The fourth-order valence-corrected chi connectivity index (χ4v) is 2.86. The Morgan fingerprint density at radius 3 is 2.68 bits per heavy atom. The largest absolute Gasteiger partial charge is 0.361 e. The van der Waals surface area contributed by atoms with Gasteiger partial charge in [0.05, 0.1) is 0 Å². The van der Waals surface area contributed by atoms with E-state index in [1.807, 2.05) is 35.4 Å². The number of H-pyrrole nitrogens is 1. The van der Waals surface area contributed by atoms with E-state index in [0.29, 0.717) is 0 Å². The van der Waals surface area contributed by atoms with Gasteiger partial charge < -0.3 is 15.2 Å². The molecular formula is C15H19N3O. The van der Waals surface area contributed by atoms with Crippen LogP contribution in [-0.2, 0) is 0 Å². The lowest BCUT2D eigenvalue weighted by Gasteiger charge is -2.39. The third kappa shape index (κ3) is 2.12. The summed E-state index contributed by atoms with van der Waals surface area (Å²) < 4.78 is 0. The molecule has 2 heterocycles. The van der Waals surface area contributed by atoms with Crippen LogP contribution in [0.15, 0.2) is 30.5 Å². The Balaban J connectivity index is 1.93. The molecule has 0 spiro atoms. The molecule has 3 rings (SSSR count). The van der Waals surface area contributed by atoms with Crippen molar-refractivity contribution >= 4 is 16.8 Å². The Morgan fingerprint density at radius 1 is 1.21 bits per heavy atom. The summed E-state index contributed by atoms with van der Waals surface area (Å²) in [4.78, 5) is 17.8. The molecule has 0 aliphatic carbocycles. The number of amides is 1. The molecule has 2 atom stereocenters. The molecule has 1 amide bonds. The maximum Gasteiger partial charge on any atom is 0.254 e. The van der Waals surface area contributed by atoms with E-state index in [-0.39, 0.29) is 18.0 Å². The number of carbonyl (C=O) groups is 1. The lowest BCUT2D eigenvalue weighted by Crippen LogP contribution is -2.57. The third-order valence-corrected chi connectivity index (χ3v) is 3.87. The second-order valence-electron chi connectivity index (χ2n) is 5.35. The van der Waals surface area contributed by atoms with Crippen molar-refractivity contribution < 1.29 is 4.79 Å². The molecule has 19 heavy (non-hydrogen) atoms. The molecule has 0 bridgehead atoms. The van der Waals surface area contributed by atoms with Crippen molar-refractivity contribution in [3.05, 3.63) is 36.0 Å². The molecular weight excluding hydrogens is 238 g/mol. The van der Waals surface area contributed by atoms with Crippen molar-refractivity contribution in [1.82, 2.24) is 15.2 Å². The summed E-state index contributed by atoms with van der Waals surface area (Å²) in [5, 5.41) is 4.48. The van der Waals surface area contributed by atoms with E-state index in [0.717, 1.165) is 29.6 Å². The highest BCUT2D eigenvalue weighted by molar-refractivity contribution is 5.98. The first kappa shape index (κ1) is 12.2. The summed E-state index contributed by atoms with van der Waals surface area (Å²) in [5.74, 6) is 0.123. The van der Waals surface area contributed by atoms with Gasteiger partial charge in [0.2, 0.25) is 0 Å². The molecule has 2 aromatic rings. The summed E-state index contributed by atoms with van der Waals surface area (Å²) in [7, 11) is 0. The molecule has 0 radical (unpaired) electrons. The normalized spacial score (nSPS) is 23.8. The number of carbonyl (C=O) groups excluding carboxylic acids is 1. The molecule has 1 aliphatic heterocycles. The van der Waals surface area contributed by atoms with Crippen LogP contribution in [0.1, 0.15) is 24.2 Å². The minimum absolute atomic E-state index is 0.123. The molecule has 0 saturated carbocycles. The summed E-state index contributed by atoms with van der Waals surface area (Å²) in [6, 6.07) is 8.33. The number of aromatic nitrogens is 1. The fourth-order valence-electron chi connectivity index (χ4n) is 2.86. The number of nitrogens with zero attached hydrogens (tertiary/aromatic N) is 1. The van der Waals surface area contributed by atoms with E-state index in [1.54, 1.807) is 0 Å². The molecule has 1 saturated heterocycles. The number of aromatic amines is 1. The van der Waals surface area contributed by atoms with Crippen LogP contribution in [-0.4, -0.2) is 41.0 Å². The molecule has 2 N–H and O–H groups in total. The summed E-state index contributed by atoms with van der Waals surface area (Å²) in [5.41, 5.74) is 1.77. The first-order valence-corrected chi connectivity index (χ1v) is 6.77. The van der Waals surface area contributed by atoms with E-state index in [2.05, 4.69) is 24.1 Å². The SMILES string of the molecule is CC1CNCC(C)N1C(=O)c1ccc2cc[nH]c2c1. The number of nitrogens with one attached hydrogen (secondary N) is 2. The van der Waals surface area contributed by atoms with Crippen molar-refractivity contribution in [2.24, 2.45) is 0 Å². The van der Waals surface area contributed by atoms with Crippen molar-refractivity contribution in [1.29, 1.82) is 0 Å². The van der Waals surface area contributed by atoms with Crippen molar-refractivity contribution in [2.75, 3.05) is 13.1 Å². The monoisotopic (exact) mass is 257 g/mol. The molecule has 4 heteroatoms. The van der Waals surface area contributed by atoms with Crippen LogP contribution >= 0.6 is 0 Å². The van der Waals surface area contributed by atoms with Gasteiger partial charge in [0.1, 0.15) is 0 Å². The second-order valence-corrected chi connectivity index (χ2v) is 5.35. The minimum atomic E-state index is 0.123. The van der Waals surface area contributed by atoms with Crippen LogP contribution < -0.4 is 5.32 Å². The summed E-state index contributed by atoms with van der Waals surface area (Å²) in [6.45, 7) is 5.91. The highest BCUT2D eigenvalue weighted by Crippen LogP contribution is 2.19. The average molecular weight is 257 g/mol. The third-order valence-electron chi connectivity index (χ3n) is 3.87. The summed E-state index contributed by atoms with van der Waals surface area (Å²) >= 11 is 0. The maximum absolute atomic E-state index is 12.7. The number of piperazine rings is 1. The number of fused-ring (bicyclic) bond motifs is 1. The Labute approximate surface area is 112 Å². The summed E-state index contributed by atoms with van der Waals surface area (Å²) in [6.07, 6.45) is 1.90. The van der Waals surface area contributed by atoms with Gasteiger partial charge in [-0.1, -0.05) is 6.07 Å². The highest BCUT2D eigenvalue weighted by Gasteiger charge is 2.29. The minimum Gasteiger partial charge on any atom is -0.361 e. The van der Waals surface area contributed by atoms with Crippen LogP contribution in [0.5, 0.6) is 0 Å². The van der Waals surface area contributed by atoms with Crippen LogP contribution in [0.2, 0.25) is 0 Å². The maximum atomic E-state index is 12.7. The Hall–Kier alpha value is -1.81. The van der Waals surface area contributed by atoms with Crippen LogP contribution in [0.3, 0.4) is 0 Å². The fraction of sp³-hybridized carbons (Fsp3) is 0.400. The van der Waals surface area contributed by atoms with Crippen molar-refractivity contribution in [2.45, 2.75) is 25.9 Å². The van der Waals surface area contributed by atoms with Gasteiger partial charge in [0.25, 0.3) is 5.91 Å². The van der Waals surface area contributed by atoms with E-state index in [4.69, 9.17) is 0 Å². The lowest BCUT2D eigenvalue weighted by molar-refractivity contribution is 0.0544. The Morgan fingerprint density at radius 2 is 1.95 bits per heavy atom. The predicted molar refractivity (Wildman–Crippen MR) is 76.3 cm³/mol. The smallest absolute Gasteiger partial charge is 0.254 e. The number of rotatable bonds is 1. The van der Waals surface area contributed by atoms with Gasteiger partial charge in [-0.2, -0.15) is 0 Å². The topological polar surface area (TPSA) is 48.1 Å². The van der Waals surface area contributed by atoms with Gasteiger partial charge in [-0.25, -0.2) is 0 Å². The number of hydrogen-bond donors (Lipinski definition) is 2. The molecule has 4 nitrogen and oxygen atoms in total. The zero-order valence-corrected chi connectivity index (χ0v) is 11.3. The van der Waals surface area contributed by atoms with Crippen LogP contribution in [0.25, 0.3) is 10.9 Å². The lowest BCUT2D eigenvalue weighted by atomic mass is 10.1. The Kier molecular flexibility index (Phi) is 3.03. The molecule has 100 valence electrons. The molecule has 1 aromatic carbocycles. The van der Waals surface area contributed by atoms with Crippen LogP contribution in [0, 0.1) is 0 Å². The van der Waals surface area contributed by atoms with Gasteiger partial charge in [-0.05, 0) is 37.4 Å². The predicted octanol–water partition coefficient (Wildman–Crippen LogP) is 1.99. The van der Waals surface area contributed by atoms with Crippen molar-refractivity contribution in [3.63, 3.8) is 0 Å². The second kappa shape index (κ2) is 4.70. The first-order chi connectivity index (χ1) is 9.16. The number of benzene rings is 1. The first-order valence-electron chi connectivity index (χ1n) is 6.77. The highest BCUT2D eigenvalue weighted by atomic mass is 16.2. The van der Waals surface area contributed by atoms with E-state index in [9.17, 15) is 4.79 Å². The standard InChI is InChI=1S/C15H19N3O/c1-10-8-16-9-11(2)18(10)15(19)13-4-3-12-5-6-17-14(12)7-13/h3-7,10-11,16-17H,8-9H2,1-2H3. The molecule has 1 aromatic heterocycles. The van der Waals surface area contributed by atoms with Crippen molar-refractivity contribution in [3.8, 4) is 0 Å². The molecule has 1 fully saturated rings. The van der Waals surface area contributed by atoms with Gasteiger partial charge in [0.15, 0.2) is 0 Å². The molecule has 2 unspecified atom stereocenters. The zero-order chi connectivity index (χ0) is 13.4. The van der Waals surface area contributed by atoms with Gasteiger partial charge in [-0.3, -0.25) is 4.79 Å².